The Morgan fingerprint density at radius 2 is 1.81 bits per heavy atom. The van der Waals surface area contributed by atoms with E-state index in [1.165, 1.54) is 5.69 Å². The Kier molecular flexibility index (Phi) is 8.29. The minimum Gasteiger partial charge on any atom is -0.490 e. The van der Waals surface area contributed by atoms with Crippen LogP contribution in [0.4, 0.5) is 5.69 Å². The summed E-state index contributed by atoms with van der Waals surface area (Å²) in [5, 5.41) is 13.2. The fourth-order valence-electron chi connectivity index (χ4n) is 3.49. The number of benzene rings is 2. The van der Waals surface area contributed by atoms with Crippen LogP contribution in [0.3, 0.4) is 0 Å². The zero-order valence-corrected chi connectivity index (χ0v) is 18.3. The van der Waals surface area contributed by atoms with Crippen molar-refractivity contribution in [1.82, 2.24) is 4.90 Å². The van der Waals surface area contributed by atoms with Crippen molar-refractivity contribution >= 4 is 17.4 Å². The molecule has 0 radical (unpaired) electrons. The Hall–Kier alpha value is -3.06. The van der Waals surface area contributed by atoms with Gasteiger partial charge in [-0.05, 0) is 48.9 Å². The average Bonchev–Trinajstić information content (AvgIpc) is 2.77. The van der Waals surface area contributed by atoms with Gasteiger partial charge in [-0.2, -0.15) is 0 Å². The van der Waals surface area contributed by atoms with E-state index in [0.29, 0.717) is 24.5 Å². The lowest BCUT2D eigenvalue weighted by Gasteiger charge is -2.34. The lowest BCUT2D eigenvalue weighted by atomic mass is 10.1. The highest BCUT2D eigenvalue weighted by Gasteiger charge is 2.14. The molecular weight excluding hydrogens is 394 g/mol. The standard InChI is InChI=1S/C24H31N3O4/c1-3-23(20-7-9-21(10-8-20)27-13-11-26(2)12-14-27)25-31-16-15-30-22-6-4-5-19(17-22)18-24(28)29/h4-10,17H,3,11-16,18H2,1-2H3,(H,28,29)/b25-23+. The molecule has 0 bridgehead atoms. The van der Waals surface area contributed by atoms with Crippen molar-refractivity contribution in [2.75, 3.05) is 51.3 Å². The highest BCUT2D eigenvalue weighted by Crippen LogP contribution is 2.18. The van der Waals surface area contributed by atoms with Crippen LogP contribution >= 0.6 is 0 Å². The molecule has 2 aromatic rings. The summed E-state index contributed by atoms with van der Waals surface area (Å²) in [5.41, 5.74) is 3.90. The fraction of sp³-hybridized carbons (Fsp3) is 0.417. The van der Waals surface area contributed by atoms with Crippen LogP contribution in [0, 0.1) is 0 Å². The quantitative estimate of drug-likeness (QED) is 0.358. The molecule has 1 aliphatic heterocycles. The molecule has 0 saturated carbocycles. The molecule has 2 aromatic carbocycles. The van der Waals surface area contributed by atoms with Crippen LogP contribution in [-0.2, 0) is 16.1 Å². The molecular formula is C24H31N3O4. The van der Waals surface area contributed by atoms with E-state index >= 15 is 0 Å². The molecule has 0 aromatic heterocycles. The maximum Gasteiger partial charge on any atom is 0.307 e. The van der Waals surface area contributed by atoms with E-state index in [-0.39, 0.29) is 6.42 Å². The van der Waals surface area contributed by atoms with E-state index in [9.17, 15) is 4.79 Å². The minimum atomic E-state index is -0.863. The molecule has 3 rings (SSSR count). The van der Waals surface area contributed by atoms with Crippen LogP contribution in [0.15, 0.2) is 53.7 Å². The van der Waals surface area contributed by atoms with Crippen LogP contribution in [-0.4, -0.2) is 68.1 Å². The number of aliphatic carboxylic acids is 1. The SMILES string of the molecule is CC/C(=N\OCCOc1cccc(CC(=O)O)c1)c1ccc(N2CCN(C)CC2)cc1. The number of oxime groups is 1. The number of hydrogen-bond donors (Lipinski definition) is 1. The fourth-order valence-corrected chi connectivity index (χ4v) is 3.49. The normalized spacial score (nSPS) is 15.0. The molecule has 1 N–H and O–H groups in total. The maximum absolute atomic E-state index is 10.8. The van der Waals surface area contributed by atoms with Gasteiger partial charge in [0.05, 0.1) is 12.1 Å². The van der Waals surface area contributed by atoms with Crippen LogP contribution < -0.4 is 9.64 Å². The van der Waals surface area contributed by atoms with Crippen molar-refractivity contribution in [1.29, 1.82) is 0 Å². The molecule has 0 aliphatic carbocycles. The molecule has 1 saturated heterocycles. The number of rotatable bonds is 10. The van der Waals surface area contributed by atoms with Crippen molar-refractivity contribution in [3.63, 3.8) is 0 Å². The smallest absolute Gasteiger partial charge is 0.307 e. The summed E-state index contributed by atoms with van der Waals surface area (Å²) in [7, 11) is 2.16. The Morgan fingerprint density at radius 1 is 1.06 bits per heavy atom. The second-order valence-corrected chi connectivity index (χ2v) is 7.63. The molecule has 31 heavy (non-hydrogen) atoms. The molecule has 7 heteroatoms. The molecule has 1 fully saturated rings. The first-order chi connectivity index (χ1) is 15.0. The van der Waals surface area contributed by atoms with Gasteiger partial charge >= 0.3 is 5.97 Å². The van der Waals surface area contributed by atoms with Crippen molar-refractivity contribution < 1.29 is 19.5 Å². The zero-order chi connectivity index (χ0) is 22.1. The number of hydrogen-bond acceptors (Lipinski definition) is 6. The van der Waals surface area contributed by atoms with Gasteiger partial charge in [0.25, 0.3) is 0 Å². The molecule has 0 unspecified atom stereocenters. The Morgan fingerprint density at radius 3 is 2.48 bits per heavy atom. The summed E-state index contributed by atoms with van der Waals surface area (Å²) in [6.07, 6.45) is 0.747. The van der Waals surface area contributed by atoms with Crippen LogP contribution in [0.2, 0.25) is 0 Å². The highest BCUT2D eigenvalue weighted by atomic mass is 16.6. The molecule has 0 amide bonds. The van der Waals surface area contributed by atoms with E-state index < -0.39 is 5.97 Å². The first-order valence-electron chi connectivity index (χ1n) is 10.7. The maximum atomic E-state index is 10.8. The van der Waals surface area contributed by atoms with Crippen molar-refractivity contribution in [3.05, 3.63) is 59.7 Å². The van der Waals surface area contributed by atoms with Gasteiger partial charge in [-0.15, -0.1) is 0 Å². The van der Waals surface area contributed by atoms with Gasteiger partial charge in [0.1, 0.15) is 12.4 Å². The highest BCUT2D eigenvalue weighted by molar-refractivity contribution is 6.00. The minimum absolute atomic E-state index is 0.0224. The third kappa shape index (κ3) is 7.00. The van der Waals surface area contributed by atoms with Crippen LogP contribution in [0.5, 0.6) is 5.75 Å². The second-order valence-electron chi connectivity index (χ2n) is 7.63. The van der Waals surface area contributed by atoms with E-state index in [1.807, 2.05) is 0 Å². The van der Waals surface area contributed by atoms with Gasteiger partial charge < -0.3 is 24.5 Å². The predicted molar refractivity (Wildman–Crippen MR) is 122 cm³/mol. The number of piperazine rings is 1. The van der Waals surface area contributed by atoms with Gasteiger partial charge in [-0.1, -0.05) is 36.3 Å². The summed E-state index contributed by atoms with van der Waals surface area (Å²) < 4.78 is 5.64. The first-order valence-corrected chi connectivity index (χ1v) is 10.7. The van der Waals surface area contributed by atoms with Gasteiger partial charge in [0.2, 0.25) is 0 Å². The number of carbonyl (C=O) groups is 1. The van der Waals surface area contributed by atoms with Crippen LogP contribution in [0.1, 0.15) is 24.5 Å². The molecule has 7 nitrogen and oxygen atoms in total. The summed E-state index contributed by atoms with van der Waals surface area (Å²) in [6.45, 7) is 6.97. The molecule has 166 valence electrons. The van der Waals surface area contributed by atoms with Crippen LogP contribution in [0.25, 0.3) is 0 Å². The number of likely N-dealkylation sites (N-methyl/N-ethyl adjacent to an activating group) is 1. The summed E-state index contributed by atoms with van der Waals surface area (Å²) >= 11 is 0. The zero-order valence-electron chi connectivity index (χ0n) is 18.3. The third-order valence-electron chi connectivity index (χ3n) is 5.28. The summed E-state index contributed by atoms with van der Waals surface area (Å²) in [5.74, 6) is -0.236. The van der Waals surface area contributed by atoms with Gasteiger partial charge in [-0.3, -0.25) is 4.79 Å². The Balaban J connectivity index is 1.48. The van der Waals surface area contributed by atoms with Gasteiger partial charge in [-0.25, -0.2) is 0 Å². The lowest BCUT2D eigenvalue weighted by molar-refractivity contribution is -0.136. The van der Waals surface area contributed by atoms with E-state index in [1.54, 1.807) is 24.3 Å². The average molecular weight is 426 g/mol. The topological polar surface area (TPSA) is 74.6 Å². The molecule has 1 aliphatic rings. The number of carboxylic acid groups (broad SMARTS) is 1. The Labute approximate surface area is 183 Å². The van der Waals surface area contributed by atoms with E-state index in [0.717, 1.165) is 43.9 Å². The largest absolute Gasteiger partial charge is 0.490 e. The Bertz CT molecular complexity index is 875. The first kappa shape index (κ1) is 22.6. The number of nitrogens with zero attached hydrogens (tertiary/aromatic N) is 3. The van der Waals surface area contributed by atoms with E-state index in [4.69, 9.17) is 14.7 Å². The van der Waals surface area contributed by atoms with Gasteiger partial charge in [0.15, 0.2) is 6.61 Å². The third-order valence-corrected chi connectivity index (χ3v) is 5.28. The van der Waals surface area contributed by atoms with Crippen molar-refractivity contribution in [2.24, 2.45) is 5.16 Å². The summed E-state index contributed by atoms with van der Waals surface area (Å²) in [4.78, 5) is 21.0. The number of anilines is 1. The molecule has 1 heterocycles. The molecule has 0 atom stereocenters. The predicted octanol–water partition coefficient (Wildman–Crippen LogP) is 3.28. The van der Waals surface area contributed by atoms with Gasteiger partial charge in [0, 0.05) is 31.9 Å². The number of carboxylic acids is 1. The second kappa shape index (κ2) is 11.4. The molecule has 0 spiro atoms. The van der Waals surface area contributed by atoms with Crippen molar-refractivity contribution in [2.45, 2.75) is 19.8 Å². The van der Waals surface area contributed by atoms with E-state index in [2.05, 4.69) is 53.2 Å². The number of ether oxygens (including phenoxy) is 1. The summed E-state index contributed by atoms with van der Waals surface area (Å²) in [6, 6.07) is 15.6. The monoisotopic (exact) mass is 425 g/mol. The van der Waals surface area contributed by atoms with Crippen molar-refractivity contribution in [3.8, 4) is 5.75 Å². The lowest BCUT2D eigenvalue weighted by Crippen LogP contribution is -2.44.